The molecule has 4 aromatic rings. The second-order valence-electron chi connectivity index (χ2n) is 9.36. The van der Waals surface area contributed by atoms with Crippen LogP contribution < -0.4 is 9.80 Å². The third-order valence-corrected chi connectivity index (χ3v) is 6.42. The molecule has 38 heavy (non-hydrogen) atoms. The highest BCUT2D eigenvalue weighted by atomic mass is 15.1. The van der Waals surface area contributed by atoms with Gasteiger partial charge in [0.15, 0.2) is 11.4 Å². The van der Waals surface area contributed by atoms with Gasteiger partial charge in [-0.3, -0.25) is 0 Å². The van der Waals surface area contributed by atoms with Gasteiger partial charge in [0.25, 0.3) is 0 Å². The van der Waals surface area contributed by atoms with Gasteiger partial charge in [0.2, 0.25) is 0 Å². The molecule has 4 rings (SSSR count). The van der Waals surface area contributed by atoms with Gasteiger partial charge in [-0.15, -0.1) is 0 Å². The molecule has 0 heterocycles. The van der Waals surface area contributed by atoms with Crippen LogP contribution in [0, 0.1) is 13.1 Å². The van der Waals surface area contributed by atoms with Gasteiger partial charge in [0, 0.05) is 39.6 Å². The van der Waals surface area contributed by atoms with E-state index in [4.69, 9.17) is 13.1 Å². The highest BCUT2D eigenvalue weighted by Crippen LogP contribution is 2.31. The molecule has 0 aliphatic carbocycles. The van der Waals surface area contributed by atoms with Crippen LogP contribution in [-0.4, -0.2) is 28.2 Å². The Kier molecular flexibility index (Phi) is 8.07. The average Bonchev–Trinajstić information content (AvgIpc) is 2.96. The topological polar surface area (TPSA) is 15.2 Å². The number of benzene rings is 4. The van der Waals surface area contributed by atoms with Crippen LogP contribution in [0.1, 0.15) is 22.3 Å². The maximum Gasteiger partial charge on any atom is 0.187 e. The van der Waals surface area contributed by atoms with Gasteiger partial charge in [-0.25, -0.2) is 9.69 Å². The van der Waals surface area contributed by atoms with Crippen LogP contribution in [0.3, 0.4) is 0 Å². The van der Waals surface area contributed by atoms with Crippen molar-refractivity contribution in [3.8, 4) is 0 Å². The Bertz CT molecular complexity index is 1410. The fourth-order valence-corrected chi connectivity index (χ4v) is 4.19. The van der Waals surface area contributed by atoms with Crippen molar-refractivity contribution < 1.29 is 0 Å². The molecule has 4 heteroatoms. The van der Waals surface area contributed by atoms with Gasteiger partial charge in [-0.05, 0) is 57.7 Å². The Balaban J connectivity index is 1.88. The largest absolute Gasteiger partial charge is 0.378 e. The Morgan fingerprint density at radius 1 is 0.474 bits per heavy atom. The number of hydrogen-bond donors (Lipinski definition) is 0. The summed E-state index contributed by atoms with van der Waals surface area (Å²) < 4.78 is 0. The normalized spacial score (nSPS) is 10.1. The molecule has 0 aromatic heterocycles. The minimum atomic E-state index is 0.606. The van der Waals surface area contributed by atoms with E-state index in [1.807, 2.05) is 76.7 Å². The SMILES string of the molecule is [C-]#[N+]c1ccc(C(=CC=C(c2ccc(N(C)C)cc2)c2ccc(N(C)C)cc2)c2ccc([N+]#[C-])cc2)cc1. The summed E-state index contributed by atoms with van der Waals surface area (Å²) in [7, 11) is 8.16. The molecule has 0 spiro atoms. The van der Waals surface area contributed by atoms with E-state index >= 15 is 0 Å². The smallest absolute Gasteiger partial charge is 0.187 e. The Morgan fingerprint density at radius 2 is 0.737 bits per heavy atom. The van der Waals surface area contributed by atoms with Gasteiger partial charge < -0.3 is 9.80 Å². The van der Waals surface area contributed by atoms with Crippen LogP contribution in [-0.2, 0) is 0 Å². The lowest BCUT2D eigenvalue weighted by Crippen LogP contribution is -2.08. The van der Waals surface area contributed by atoms with Crippen molar-refractivity contribution in [2.75, 3.05) is 38.0 Å². The molecule has 4 aromatic carbocycles. The van der Waals surface area contributed by atoms with Crippen LogP contribution >= 0.6 is 0 Å². The van der Waals surface area contributed by atoms with Crippen LogP contribution in [0.4, 0.5) is 22.7 Å². The molecule has 4 nitrogen and oxygen atoms in total. The summed E-state index contributed by atoms with van der Waals surface area (Å²) in [6, 6.07) is 32.4. The molecule has 0 atom stereocenters. The first-order chi connectivity index (χ1) is 18.4. The number of nitrogens with zero attached hydrogens (tertiary/aromatic N) is 4. The highest BCUT2D eigenvalue weighted by Gasteiger charge is 2.09. The molecule has 0 aliphatic heterocycles. The van der Waals surface area contributed by atoms with Crippen LogP contribution in [0.5, 0.6) is 0 Å². The minimum Gasteiger partial charge on any atom is -0.378 e. The van der Waals surface area contributed by atoms with E-state index in [9.17, 15) is 0 Å². The van der Waals surface area contributed by atoms with Crippen LogP contribution in [0.25, 0.3) is 20.8 Å². The van der Waals surface area contributed by atoms with Gasteiger partial charge >= 0.3 is 0 Å². The highest BCUT2D eigenvalue weighted by molar-refractivity contribution is 5.87. The first kappa shape index (κ1) is 26.0. The maximum absolute atomic E-state index is 7.31. The van der Waals surface area contributed by atoms with Gasteiger partial charge in [-0.2, -0.15) is 0 Å². The molecule has 0 unspecified atom stereocenters. The van der Waals surface area contributed by atoms with Crippen molar-refractivity contribution in [1.29, 1.82) is 0 Å². The fraction of sp³-hybridized carbons (Fsp3) is 0.118. The zero-order valence-corrected chi connectivity index (χ0v) is 22.2. The van der Waals surface area contributed by atoms with E-state index in [2.05, 4.69) is 80.2 Å². The van der Waals surface area contributed by atoms with E-state index in [-0.39, 0.29) is 0 Å². The molecule has 0 N–H and O–H groups in total. The monoisotopic (exact) mass is 494 g/mol. The van der Waals surface area contributed by atoms with Crippen molar-refractivity contribution in [3.63, 3.8) is 0 Å². The molecule has 0 aliphatic rings. The summed E-state index contributed by atoms with van der Waals surface area (Å²) in [4.78, 5) is 11.3. The predicted octanol–water partition coefficient (Wildman–Crippen LogP) is 8.48. The molecule has 0 bridgehead atoms. The average molecular weight is 495 g/mol. The van der Waals surface area contributed by atoms with Gasteiger partial charge in [0.1, 0.15) is 0 Å². The lowest BCUT2D eigenvalue weighted by Gasteiger charge is -2.16. The van der Waals surface area contributed by atoms with Crippen molar-refractivity contribution in [1.82, 2.24) is 0 Å². The number of anilines is 2. The summed E-state index contributed by atoms with van der Waals surface area (Å²) in [6.07, 6.45) is 4.30. The first-order valence-electron chi connectivity index (χ1n) is 12.3. The van der Waals surface area contributed by atoms with Crippen molar-refractivity contribution >= 4 is 33.9 Å². The predicted molar refractivity (Wildman–Crippen MR) is 161 cm³/mol. The second kappa shape index (κ2) is 11.8. The Hall–Kier alpha value is -5.06. The molecule has 0 saturated heterocycles. The first-order valence-corrected chi connectivity index (χ1v) is 12.3. The minimum absolute atomic E-state index is 0.606. The van der Waals surface area contributed by atoms with Gasteiger partial charge in [-0.1, -0.05) is 84.9 Å². The van der Waals surface area contributed by atoms with Crippen molar-refractivity contribution in [2.24, 2.45) is 0 Å². The summed E-state index contributed by atoms with van der Waals surface area (Å²) in [6.45, 7) is 14.6. The van der Waals surface area contributed by atoms with Crippen LogP contribution in [0.15, 0.2) is 109 Å². The second-order valence-corrected chi connectivity index (χ2v) is 9.36. The molecule has 0 radical (unpaired) electrons. The lowest BCUT2D eigenvalue weighted by molar-refractivity contribution is 1.13. The third-order valence-electron chi connectivity index (χ3n) is 6.42. The summed E-state index contributed by atoms with van der Waals surface area (Å²) in [5.74, 6) is 0. The zero-order valence-electron chi connectivity index (χ0n) is 22.2. The Labute approximate surface area is 226 Å². The van der Waals surface area contributed by atoms with E-state index in [0.29, 0.717) is 11.4 Å². The molecular formula is C34H30N4. The van der Waals surface area contributed by atoms with Crippen molar-refractivity contribution in [2.45, 2.75) is 0 Å². The third kappa shape index (κ3) is 6.01. The summed E-state index contributed by atoms with van der Waals surface area (Å²) in [5, 5.41) is 0. The molecule has 0 saturated carbocycles. The van der Waals surface area contributed by atoms with Gasteiger partial charge in [0.05, 0.1) is 13.1 Å². The molecule has 0 fully saturated rings. The van der Waals surface area contributed by atoms with Crippen LogP contribution in [0.2, 0.25) is 0 Å². The summed E-state index contributed by atoms with van der Waals surface area (Å²) >= 11 is 0. The standard InChI is InChI=1S/C34H30N4/c1-35-29-15-7-25(8-16-29)33(26-9-17-30(36-2)18-10-26)23-24-34(27-11-19-31(20-12-27)37(3)4)28-13-21-32(22-14-28)38(5)6/h7-24H,3-6H3. The molecular weight excluding hydrogens is 464 g/mol. The summed E-state index contributed by atoms with van der Waals surface area (Å²) in [5.41, 5.74) is 9.89. The number of rotatable bonds is 7. The van der Waals surface area contributed by atoms with E-state index in [0.717, 1.165) is 44.8 Å². The zero-order chi connectivity index (χ0) is 27.1. The fourth-order valence-electron chi connectivity index (χ4n) is 4.19. The molecule has 186 valence electrons. The number of allylic oxidation sites excluding steroid dienone is 2. The quantitative estimate of drug-likeness (QED) is 0.189. The van der Waals surface area contributed by atoms with Crippen molar-refractivity contribution in [3.05, 3.63) is 154 Å². The van der Waals surface area contributed by atoms with E-state index in [1.54, 1.807) is 0 Å². The lowest BCUT2D eigenvalue weighted by atomic mass is 9.93. The molecule has 0 amide bonds. The Morgan fingerprint density at radius 3 is 0.974 bits per heavy atom. The van der Waals surface area contributed by atoms with E-state index in [1.165, 1.54) is 0 Å². The number of hydrogen-bond acceptors (Lipinski definition) is 2. The maximum atomic E-state index is 7.31. The van der Waals surface area contributed by atoms with E-state index < -0.39 is 0 Å².